The SMILES string of the molecule is CN(C)S(=O)(=O)c1ccc(NC=C(C#N)c2nc3cc(Cl)ccc3o2)cc1. The predicted octanol–water partition coefficient (Wildman–Crippen LogP) is 3.71. The van der Waals surface area contributed by atoms with Crippen molar-refractivity contribution in [3.8, 4) is 6.07 Å². The van der Waals surface area contributed by atoms with E-state index in [4.69, 9.17) is 16.0 Å². The molecule has 3 aromatic rings. The quantitative estimate of drug-likeness (QED) is 0.653. The summed E-state index contributed by atoms with van der Waals surface area (Å²) in [6.45, 7) is 0. The van der Waals surface area contributed by atoms with Crippen molar-refractivity contribution < 1.29 is 12.8 Å². The molecule has 0 amide bonds. The number of nitriles is 1. The second-order valence-electron chi connectivity index (χ2n) is 5.76. The van der Waals surface area contributed by atoms with Crippen LogP contribution in [0.15, 0.2) is 58.0 Å². The largest absolute Gasteiger partial charge is 0.435 e. The maximum atomic E-state index is 12.1. The van der Waals surface area contributed by atoms with E-state index in [9.17, 15) is 13.7 Å². The third-order valence-corrected chi connectivity index (χ3v) is 5.78. The van der Waals surface area contributed by atoms with Crippen molar-refractivity contribution in [2.75, 3.05) is 19.4 Å². The molecule has 0 saturated carbocycles. The molecule has 1 heterocycles. The zero-order valence-electron chi connectivity index (χ0n) is 14.5. The van der Waals surface area contributed by atoms with Gasteiger partial charge in [0.25, 0.3) is 0 Å². The molecule has 138 valence electrons. The first-order valence-electron chi connectivity index (χ1n) is 7.77. The molecule has 0 atom stereocenters. The van der Waals surface area contributed by atoms with Crippen LogP contribution in [0.4, 0.5) is 5.69 Å². The second-order valence-corrected chi connectivity index (χ2v) is 8.35. The maximum absolute atomic E-state index is 12.1. The summed E-state index contributed by atoms with van der Waals surface area (Å²) < 4.78 is 30.9. The van der Waals surface area contributed by atoms with Gasteiger partial charge in [0.15, 0.2) is 5.58 Å². The number of hydrogen-bond donors (Lipinski definition) is 1. The molecule has 0 saturated heterocycles. The number of hydrogen-bond acceptors (Lipinski definition) is 6. The molecule has 2 aromatic carbocycles. The highest BCUT2D eigenvalue weighted by molar-refractivity contribution is 7.89. The molecule has 9 heteroatoms. The average molecular weight is 403 g/mol. The zero-order valence-corrected chi connectivity index (χ0v) is 16.0. The minimum absolute atomic E-state index is 0.161. The van der Waals surface area contributed by atoms with Crippen molar-refractivity contribution in [3.63, 3.8) is 0 Å². The lowest BCUT2D eigenvalue weighted by molar-refractivity contribution is 0.521. The van der Waals surface area contributed by atoms with Crippen molar-refractivity contribution in [1.29, 1.82) is 5.26 Å². The third kappa shape index (κ3) is 3.95. The van der Waals surface area contributed by atoms with Gasteiger partial charge in [0.05, 0.1) is 4.90 Å². The van der Waals surface area contributed by atoms with Crippen molar-refractivity contribution in [1.82, 2.24) is 9.29 Å². The number of halogens is 1. The second kappa shape index (κ2) is 7.40. The van der Waals surface area contributed by atoms with Crippen LogP contribution in [0.5, 0.6) is 0 Å². The lowest BCUT2D eigenvalue weighted by atomic mass is 10.3. The molecular weight excluding hydrogens is 388 g/mol. The molecule has 0 aliphatic carbocycles. The molecule has 7 nitrogen and oxygen atoms in total. The van der Waals surface area contributed by atoms with Crippen molar-refractivity contribution in [3.05, 3.63) is 59.6 Å². The number of benzene rings is 2. The van der Waals surface area contributed by atoms with Crippen LogP contribution >= 0.6 is 11.6 Å². The van der Waals surface area contributed by atoms with Crippen LogP contribution in [0.3, 0.4) is 0 Å². The maximum Gasteiger partial charge on any atom is 0.242 e. The molecule has 0 aliphatic rings. The van der Waals surface area contributed by atoms with Crippen LogP contribution in [-0.2, 0) is 10.0 Å². The Hall–Kier alpha value is -2.86. The van der Waals surface area contributed by atoms with Gasteiger partial charge in [0.1, 0.15) is 17.2 Å². The number of sulfonamides is 1. The molecule has 0 aliphatic heterocycles. The lowest BCUT2D eigenvalue weighted by Crippen LogP contribution is -2.22. The summed E-state index contributed by atoms with van der Waals surface area (Å²) in [5, 5.41) is 12.8. The van der Waals surface area contributed by atoms with Gasteiger partial charge in [-0.05, 0) is 42.5 Å². The minimum Gasteiger partial charge on any atom is -0.435 e. The smallest absolute Gasteiger partial charge is 0.242 e. The number of fused-ring (bicyclic) bond motifs is 1. The number of anilines is 1. The molecule has 0 spiro atoms. The molecule has 0 fully saturated rings. The Morgan fingerprint density at radius 1 is 1.26 bits per heavy atom. The van der Waals surface area contributed by atoms with E-state index in [-0.39, 0.29) is 16.4 Å². The average Bonchev–Trinajstić information content (AvgIpc) is 3.05. The number of rotatable bonds is 5. The van der Waals surface area contributed by atoms with Crippen molar-refractivity contribution in [2.24, 2.45) is 0 Å². The Balaban J connectivity index is 1.83. The van der Waals surface area contributed by atoms with E-state index < -0.39 is 10.0 Å². The first kappa shape index (κ1) is 18.9. The van der Waals surface area contributed by atoms with Gasteiger partial charge in [-0.3, -0.25) is 0 Å². The standard InChI is InChI=1S/C18H15ClN4O3S/c1-23(2)27(24,25)15-6-4-14(5-7-15)21-11-12(10-20)18-22-16-9-13(19)3-8-17(16)26-18/h3-9,11,21H,1-2H3. The number of nitrogens with one attached hydrogen (secondary N) is 1. The van der Waals surface area contributed by atoms with Gasteiger partial charge >= 0.3 is 0 Å². The predicted molar refractivity (Wildman–Crippen MR) is 104 cm³/mol. The monoisotopic (exact) mass is 402 g/mol. The molecule has 0 unspecified atom stereocenters. The number of nitrogens with zero attached hydrogens (tertiary/aromatic N) is 3. The zero-order chi connectivity index (χ0) is 19.6. The number of aromatic nitrogens is 1. The molecule has 27 heavy (non-hydrogen) atoms. The number of allylic oxidation sites excluding steroid dienone is 1. The van der Waals surface area contributed by atoms with Crippen molar-refractivity contribution in [2.45, 2.75) is 4.90 Å². The fourth-order valence-corrected chi connectivity index (χ4v) is 3.32. The summed E-state index contributed by atoms with van der Waals surface area (Å²) in [6.07, 6.45) is 1.45. The van der Waals surface area contributed by atoms with Gasteiger partial charge in [-0.25, -0.2) is 17.7 Å². The highest BCUT2D eigenvalue weighted by Crippen LogP contribution is 2.24. The summed E-state index contributed by atoms with van der Waals surface area (Å²) in [4.78, 5) is 4.44. The van der Waals surface area contributed by atoms with E-state index >= 15 is 0 Å². The van der Waals surface area contributed by atoms with Gasteiger partial charge in [-0.2, -0.15) is 5.26 Å². The first-order chi connectivity index (χ1) is 12.8. The van der Waals surface area contributed by atoms with E-state index in [1.807, 2.05) is 6.07 Å². The van der Waals surface area contributed by atoms with Crippen molar-refractivity contribution >= 4 is 44.0 Å². The fourth-order valence-electron chi connectivity index (χ4n) is 2.25. The number of oxazole rings is 1. The van der Waals surface area contributed by atoms with Crippen LogP contribution < -0.4 is 5.32 Å². The molecule has 0 bridgehead atoms. The van der Waals surface area contributed by atoms with Crippen LogP contribution in [0, 0.1) is 11.3 Å². The normalized spacial score (nSPS) is 12.3. The Kier molecular flexibility index (Phi) is 5.19. The van der Waals surface area contributed by atoms with Crippen LogP contribution in [0.2, 0.25) is 5.02 Å². The van der Waals surface area contributed by atoms with Crippen LogP contribution in [0.1, 0.15) is 5.89 Å². The van der Waals surface area contributed by atoms with Gasteiger partial charge in [0, 0.05) is 31.0 Å². The fraction of sp³-hybridized carbons (Fsp3) is 0.111. The molecule has 3 rings (SSSR count). The Bertz CT molecular complexity index is 1160. The van der Waals surface area contributed by atoms with Gasteiger partial charge in [0.2, 0.25) is 15.9 Å². The van der Waals surface area contributed by atoms with Gasteiger partial charge < -0.3 is 9.73 Å². The first-order valence-corrected chi connectivity index (χ1v) is 9.59. The Morgan fingerprint density at radius 2 is 1.96 bits per heavy atom. The van der Waals surface area contributed by atoms with Crippen LogP contribution in [-0.4, -0.2) is 31.8 Å². The molecular formula is C18H15ClN4O3S. The summed E-state index contributed by atoms with van der Waals surface area (Å²) in [6, 6.07) is 13.2. The van der Waals surface area contributed by atoms with E-state index in [1.165, 1.54) is 32.4 Å². The van der Waals surface area contributed by atoms with Gasteiger partial charge in [-0.15, -0.1) is 0 Å². The highest BCUT2D eigenvalue weighted by atomic mass is 35.5. The third-order valence-electron chi connectivity index (χ3n) is 3.72. The summed E-state index contributed by atoms with van der Waals surface area (Å²) >= 11 is 5.93. The minimum atomic E-state index is -3.49. The summed E-state index contributed by atoms with van der Waals surface area (Å²) in [5.74, 6) is 0.161. The highest BCUT2D eigenvalue weighted by Gasteiger charge is 2.16. The molecule has 0 radical (unpaired) electrons. The molecule has 1 aromatic heterocycles. The van der Waals surface area contributed by atoms with E-state index in [2.05, 4.69) is 10.3 Å². The van der Waals surface area contributed by atoms with Gasteiger partial charge in [-0.1, -0.05) is 11.6 Å². The topological polar surface area (TPSA) is 99.2 Å². The van der Waals surface area contributed by atoms with E-state index in [1.54, 1.807) is 30.3 Å². The summed E-state index contributed by atoms with van der Waals surface area (Å²) in [5.41, 5.74) is 1.87. The van der Waals surface area contributed by atoms with E-state index in [0.717, 1.165) is 4.31 Å². The van der Waals surface area contributed by atoms with E-state index in [0.29, 0.717) is 21.8 Å². The Labute approximate surface area is 161 Å². The van der Waals surface area contributed by atoms with Crippen LogP contribution in [0.25, 0.3) is 16.7 Å². The Morgan fingerprint density at radius 3 is 2.59 bits per heavy atom. The molecule has 1 N–H and O–H groups in total. The summed E-state index contributed by atoms with van der Waals surface area (Å²) in [7, 11) is -0.551. The lowest BCUT2D eigenvalue weighted by Gasteiger charge is -2.11.